The number of carboxylic acid groups (broad SMARTS) is 1. The summed E-state index contributed by atoms with van der Waals surface area (Å²) < 4.78 is 38.7. The molecule has 3 aromatic rings. The number of ether oxygens (including phenoxy) is 1. The standard InChI is InChI=1S/C14H14N4OS.C2HF3O2/c1-9-13(20-14(15)16-9)12-7-8-18(17-12)10-3-5-11(19-2)6-4-10;3-2(4,5)1(6)7/h3-8H,1-2H3,(H2,15,16);(H,6,7). The molecule has 0 radical (unpaired) electrons. The molecule has 2 heterocycles. The molecule has 2 aromatic heterocycles. The van der Waals surface area contributed by atoms with Crippen LogP contribution in [-0.4, -0.2) is 39.1 Å². The van der Waals surface area contributed by atoms with Crippen molar-refractivity contribution in [2.75, 3.05) is 12.8 Å². The van der Waals surface area contributed by atoms with Crippen molar-refractivity contribution in [3.8, 4) is 22.0 Å². The maximum Gasteiger partial charge on any atom is 0.490 e. The minimum Gasteiger partial charge on any atom is -0.497 e. The number of hydrogen-bond acceptors (Lipinski definition) is 6. The lowest BCUT2D eigenvalue weighted by molar-refractivity contribution is -0.192. The first-order valence-corrected chi connectivity index (χ1v) is 8.17. The van der Waals surface area contributed by atoms with Gasteiger partial charge in [0.05, 0.1) is 23.4 Å². The monoisotopic (exact) mass is 400 g/mol. The second-order valence-electron chi connectivity index (χ2n) is 5.11. The molecule has 3 rings (SSSR count). The van der Waals surface area contributed by atoms with Crippen molar-refractivity contribution in [1.82, 2.24) is 14.8 Å². The van der Waals surface area contributed by atoms with Crippen LogP contribution in [0.3, 0.4) is 0 Å². The fraction of sp³-hybridized carbons (Fsp3) is 0.188. The molecule has 0 aliphatic heterocycles. The van der Waals surface area contributed by atoms with Crippen molar-refractivity contribution in [1.29, 1.82) is 0 Å². The van der Waals surface area contributed by atoms with Crippen LogP contribution < -0.4 is 10.5 Å². The van der Waals surface area contributed by atoms with Gasteiger partial charge < -0.3 is 15.6 Å². The second-order valence-corrected chi connectivity index (χ2v) is 6.14. The molecule has 0 bridgehead atoms. The molecule has 0 saturated carbocycles. The number of alkyl halides is 3. The van der Waals surface area contributed by atoms with Crippen molar-refractivity contribution >= 4 is 22.4 Å². The molecular formula is C16H15F3N4O3S. The van der Waals surface area contributed by atoms with Gasteiger partial charge in [-0.1, -0.05) is 11.3 Å². The summed E-state index contributed by atoms with van der Waals surface area (Å²) in [7, 11) is 1.65. The molecule has 0 atom stereocenters. The number of carboxylic acids is 1. The summed E-state index contributed by atoms with van der Waals surface area (Å²) in [5.41, 5.74) is 8.50. The average molecular weight is 400 g/mol. The van der Waals surface area contributed by atoms with E-state index in [1.165, 1.54) is 11.3 Å². The van der Waals surface area contributed by atoms with Gasteiger partial charge in [0.15, 0.2) is 5.13 Å². The van der Waals surface area contributed by atoms with Gasteiger partial charge in [-0.15, -0.1) is 0 Å². The molecule has 0 aliphatic rings. The Morgan fingerprint density at radius 3 is 2.30 bits per heavy atom. The van der Waals surface area contributed by atoms with Gasteiger partial charge >= 0.3 is 12.1 Å². The molecule has 7 nitrogen and oxygen atoms in total. The Balaban J connectivity index is 0.000000321. The van der Waals surface area contributed by atoms with Crippen molar-refractivity contribution in [2.45, 2.75) is 13.1 Å². The number of nitrogen functional groups attached to an aromatic ring is 1. The van der Waals surface area contributed by atoms with Crippen LogP contribution in [0.25, 0.3) is 16.3 Å². The highest BCUT2D eigenvalue weighted by molar-refractivity contribution is 7.18. The fourth-order valence-electron chi connectivity index (χ4n) is 1.98. The van der Waals surface area contributed by atoms with Crippen LogP contribution in [0.15, 0.2) is 36.5 Å². The summed E-state index contributed by atoms with van der Waals surface area (Å²) >= 11 is 1.45. The van der Waals surface area contributed by atoms with Gasteiger partial charge in [-0.05, 0) is 37.3 Å². The molecule has 0 fully saturated rings. The molecule has 0 aliphatic carbocycles. The first-order chi connectivity index (χ1) is 12.6. The summed E-state index contributed by atoms with van der Waals surface area (Å²) in [5.74, 6) is -1.93. The van der Waals surface area contributed by atoms with E-state index in [-0.39, 0.29) is 0 Å². The number of thiazole rings is 1. The van der Waals surface area contributed by atoms with E-state index in [4.69, 9.17) is 20.4 Å². The van der Waals surface area contributed by atoms with Crippen LogP contribution in [0.2, 0.25) is 0 Å². The van der Waals surface area contributed by atoms with Gasteiger partial charge in [-0.2, -0.15) is 18.3 Å². The fourth-order valence-corrected chi connectivity index (χ4v) is 2.78. The first-order valence-electron chi connectivity index (χ1n) is 7.35. The van der Waals surface area contributed by atoms with Gasteiger partial charge in [-0.3, -0.25) is 0 Å². The molecule has 3 N–H and O–H groups in total. The zero-order valence-electron chi connectivity index (χ0n) is 14.2. The lowest BCUT2D eigenvalue weighted by Gasteiger charge is -2.03. The van der Waals surface area contributed by atoms with Crippen LogP contribution in [0, 0.1) is 6.92 Å². The van der Waals surface area contributed by atoms with E-state index in [2.05, 4.69) is 10.1 Å². The smallest absolute Gasteiger partial charge is 0.490 e. The zero-order chi connectivity index (χ0) is 20.2. The Hall–Kier alpha value is -3.08. The summed E-state index contributed by atoms with van der Waals surface area (Å²) in [6, 6.07) is 9.70. The van der Waals surface area contributed by atoms with Gasteiger partial charge in [0.1, 0.15) is 11.4 Å². The lowest BCUT2D eigenvalue weighted by atomic mass is 10.3. The minimum atomic E-state index is -5.08. The van der Waals surface area contributed by atoms with E-state index in [1.807, 2.05) is 48.1 Å². The molecule has 0 spiro atoms. The van der Waals surface area contributed by atoms with Gasteiger partial charge in [0.2, 0.25) is 0 Å². The molecule has 0 unspecified atom stereocenters. The van der Waals surface area contributed by atoms with Crippen LogP contribution in [0.5, 0.6) is 5.75 Å². The van der Waals surface area contributed by atoms with Crippen molar-refractivity contribution in [3.63, 3.8) is 0 Å². The van der Waals surface area contributed by atoms with Crippen LogP contribution in [0.4, 0.5) is 18.3 Å². The number of carbonyl (C=O) groups is 1. The summed E-state index contributed by atoms with van der Waals surface area (Å²) in [4.78, 5) is 14.1. The highest BCUT2D eigenvalue weighted by Crippen LogP contribution is 2.30. The Kier molecular flexibility index (Phi) is 6.05. The molecule has 144 valence electrons. The third-order valence-corrected chi connectivity index (χ3v) is 4.22. The Morgan fingerprint density at radius 1 is 1.26 bits per heavy atom. The summed E-state index contributed by atoms with van der Waals surface area (Å²) in [6.45, 7) is 1.94. The number of aliphatic carboxylic acids is 1. The van der Waals surface area contributed by atoms with E-state index >= 15 is 0 Å². The molecule has 11 heteroatoms. The zero-order valence-corrected chi connectivity index (χ0v) is 15.0. The summed E-state index contributed by atoms with van der Waals surface area (Å²) in [5, 5.41) is 12.3. The number of aromatic nitrogens is 3. The van der Waals surface area contributed by atoms with Crippen LogP contribution >= 0.6 is 11.3 Å². The number of nitrogens with two attached hydrogens (primary N) is 1. The number of hydrogen-bond donors (Lipinski definition) is 2. The number of halogens is 3. The summed E-state index contributed by atoms with van der Waals surface area (Å²) in [6.07, 6.45) is -3.16. The lowest BCUT2D eigenvalue weighted by Crippen LogP contribution is -2.21. The Bertz CT molecular complexity index is 920. The van der Waals surface area contributed by atoms with E-state index in [0.717, 1.165) is 27.7 Å². The quantitative estimate of drug-likeness (QED) is 0.697. The predicted octanol–water partition coefficient (Wildman–Crippen LogP) is 3.53. The maximum absolute atomic E-state index is 10.6. The Labute approximate surface area is 155 Å². The Morgan fingerprint density at radius 2 is 1.85 bits per heavy atom. The van der Waals surface area contributed by atoms with Crippen molar-refractivity contribution in [3.05, 3.63) is 42.2 Å². The van der Waals surface area contributed by atoms with Gasteiger partial charge in [0, 0.05) is 6.20 Å². The SMILES string of the molecule is COc1ccc(-n2ccc(-c3sc(N)nc3C)n2)cc1.O=C(O)C(F)(F)F. The molecular weight excluding hydrogens is 385 g/mol. The van der Waals surface area contributed by atoms with E-state index in [9.17, 15) is 13.2 Å². The van der Waals surface area contributed by atoms with Crippen LogP contribution in [-0.2, 0) is 4.79 Å². The topological polar surface area (TPSA) is 103 Å². The number of anilines is 1. The van der Waals surface area contributed by atoms with E-state index in [0.29, 0.717) is 5.13 Å². The maximum atomic E-state index is 10.6. The van der Waals surface area contributed by atoms with Crippen LogP contribution in [0.1, 0.15) is 5.69 Å². The number of rotatable bonds is 3. The third kappa shape index (κ3) is 5.20. The third-order valence-electron chi connectivity index (χ3n) is 3.21. The van der Waals surface area contributed by atoms with Crippen molar-refractivity contribution in [2.24, 2.45) is 0 Å². The number of benzene rings is 1. The predicted molar refractivity (Wildman–Crippen MR) is 94.1 cm³/mol. The molecule has 27 heavy (non-hydrogen) atoms. The molecule has 1 aromatic carbocycles. The van der Waals surface area contributed by atoms with E-state index < -0.39 is 12.1 Å². The van der Waals surface area contributed by atoms with E-state index in [1.54, 1.807) is 7.11 Å². The first kappa shape index (κ1) is 20.2. The number of aryl methyl sites for hydroxylation is 1. The minimum absolute atomic E-state index is 0.566. The average Bonchev–Trinajstić information content (AvgIpc) is 3.21. The normalized spacial score (nSPS) is 10.9. The largest absolute Gasteiger partial charge is 0.497 e. The van der Waals surface area contributed by atoms with Gasteiger partial charge in [-0.25, -0.2) is 14.5 Å². The second kappa shape index (κ2) is 8.08. The molecule has 0 saturated heterocycles. The highest BCUT2D eigenvalue weighted by Gasteiger charge is 2.38. The number of nitrogens with zero attached hydrogens (tertiary/aromatic N) is 3. The highest BCUT2D eigenvalue weighted by atomic mass is 32.1. The number of methoxy groups -OCH3 is 1. The molecule has 0 amide bonds. The van der Waals surface area contributed by atoms with Crippen molar-refractivity contribution < 1.29 is 27.8 Å². The van der Waals surface area contributed by atoms with Gasteiger partial charge in [0.25, 0.3) is 0 Å².